The highest BCUT2D eigenvalue weighted by atomic mass is 16.3. The van der Waals surface area contributed by atoms with E-state index in [2.05, 4.69) is 27.7 Å². The van der Waals surface area contributed by atoms with Gasteiger partial charge in [-0.05, 0) is 71.6 Å². The molecule has 4 atom stereocenters. The molecule has 0 saturated heterocycles. The van der Waals surface area contributed by atoms with Gasteiger partial charge in [-0.1, -0.05) is 82.1 Å². The molecule has 0 amide bonds. The maximum atomic E-state index is 15.4. The van der Waals surface area contributed by atoms with Crippen LogP contribution >= 0.6 is 0 Å². The number of ketones is 4. The summed E-state index contributed by atoms with van der Waals surface area (Å²) in [6, 6.07) is 0. The molecule has 0 aromatic heterocycles. The smallest absolute Gasteiger partial charge is 0.223 e. The lowest BCUT2D eigenvalue weighted by atomic mass is 9.45. The highest BCUT2D eigenvalue weighted by Gasteiger charge is 2.63. The van der Waals surface area contributed by atoms with Gasteiger partial charge in [-0.2, -0.15) is 0 Å². The molecule has 0 bridgehead atoms. The second kappa shape index (κ2) is 10.1. The first-order valence-electron chi connectivity index (χ1n) is 17.2. The van der Waals surface area contributed by atoms with E-state index in [0.29, 0.717) is 46.3 Å². The van der Waals surface area contributed by atoms with Crippen LogP contribution in [0.2, 0.25) is 0 Å². The summed E-state index contributed by atoms with van der Waals surface area (Å²) in [6.45, 7) is 19.8. The van der Waals surface area contributed by atoms with Gasteiger partial charge >= 0.3 is 0 Å². The first-order chi connectivity index (χ1) is 21.2. The van der Waals surface area contributed by atoms with Crippen molar-refractivity contribution in [3.63, 3.8) is 0 Å². The van der Waals surface area contributed by atoms with E-state index in [1.54, 1.807) is 12.2 Å². The summed E-state index contributed by atoms with van der Waals surface area (Å²) >= 11 is 0. The number of hydrogen-bond donors (Lipinski definition) is 2. The Bertz CT molecular complexity index is 1590. The van der Waals surface area contributed by atoms with Crippen LogP contribution in [0.3, 0.4) is 0 Å². The SMILES string of the molecule is CC(C)C1=CC2=C(C3=C4C=C(C(C)C)C(=O)C(O)=C4[C@@]4(C)CCCC(C)(C)C4C3=O)C(=O)C3C(C)(C)CCC[C@]3(C)C2=C(O)C1=O. The van der Waals surface area contributed by atoms with Crippen LogP contribution in [-0.4, -0.2) is 33.3 Å². The average Bonchev–Trinajstić information content (AvgIpc) is 2.91. The quantitative estimate of drug-likeness (QED) is 0.326. The van der Waals surface area contributed by atoms with Crippen LogP contribution in [0.4, 0.5) is 0 Å². The number of hydrogen-bond acceptors (Lipinski definition) is 6. The van der Waals surface area contributed by atoms with Crippen molar-refractivity contribution in [1.82, 2.24) is 0 Å². The standard InChI is InChI=1S/C40H50O6/c1-19(2)21-17-23-25(31(43)35-37(5,6)13-11-15-39(35,9)27(23)33(45)29(21)41)26-24-18-22(20(3)4)30(42)34(46)28(24)40(10)16-12-14-38(7,8)36(40)32(26)44/h17-20,35-36,45-46H,11-16H2,1-10H3/t35?,36?,39-,40-/m1/s1. The van der Waals surface area contributed by atoms with E-state index in [1.807, 2.05) is 41.5 Å². The van der Waals surface area contributed by atoms with Crippen LogP contribution in [0.15, 0.2) is 68.3 Å². The molecule has 0 heterocycles. The molecule has 46 heavy (non-hydrogen) atoms. The Morgan fingerprint density at radius 3 is 1.22 bits per heavy atom. The first-order valence-corrected chi connectivity index (χ1v) is 17.2. The fourth-order valence-electron chi connectivity index (χ4n) is 10.8. The summed E-state index contributed by atoms with van der Waals surface area (Å²) in [6.07, 6.45) is 8.04. The van der Waals surface area contributed by atoms with Crippen molar-refractivity contribution in [2.24, 2.45) is 45.3 Å². The lowest BCUT2D eigenvalue weighted by Gasteiger charge is -2.57. The molecule has 6 nitrogen and oxygen atoms in total. The minimum absolute atomic E-state index is 0.157. The molecule has 6 aliphatic rings. The molecule has 0 aromatic carbocycles. The van der Waals surface area contributed by atoms with Crippen LogP contribution in [0.1, 0.15) is 108 Å². The van der Waals surface area contributed by atoms with Crippen LogP contribution in [-0.2, 0) is 19.2 Å². The van der Waals surface area contributed by atoms with Gasteiger partial charge in [0.1, 0.15) is 0 Å². The monoisotopic (exact) mass is 626 g/mol. The van der Waals surface area contributed by atoms with Crippen molar-refractivity contribution in [2.45, 2.75) is 108 Å². The van der Waals surface area contributed by atoms with Crippen LogP contribution in [0.25, 0.3) is 0 Å². The summed E-state index contributed by atoms with van der Waals surface area (Å²) < 4.78 is 0. The van der Waals surface area contributed by atoms with E-state index in [9.17, 15) is 19.8 Å². The Labute approximate surface area is 273 Å². The molecule has 6 aliphatic carbocycles. The Balaban J connectivity index is 1.82. The number of aliphatic hydroxyl groups excluding tert-OH is 2. The van der Waals surface area contributed by atoms with Gasteiger partial charge in [-0.3, -0.25) is 19.2 Å². The highest BCUT2D eigenvalue weighted by molar-refractivity contribution is 6.22. The summed E-state index contributed by atoms with van der Waals surface area (Å²) in [5.41, 5.74) is 0.516. The van der Waals surface area contributed by atoms with E-state index in [-0.39, 0.29) is 46.1 Å². The minimum Gasteiger partial charge on any atom is -0.504 e. The number of fused-ring (bicyclic) bond motifs is 6. The highest BCUT2D eigenvalue weighted by Crippen LogP contribution is 2.66. The number of rotatable bonds is 3. The largest absolute Gasteiger partial charge is 0.504 e. The van der Waals surface area contributed by atoms with Crippen molar-refractivity contribution >= 4 is 23.1 Å². The molecule has 246 valence electrons. The molecular weight excluding hydrogens is 576 g/mol. The second-order valence-electron chi connectivity index (χ2n) is 17.3. The fourth-order valence-corrected chi connectivity index (χ4v) is 10.8. The number of carbonyl (C=O) groups excluding carboxylic acids is 4. The average molecular weight is 627 g/mol. The van der Waals surface area contributed by atoms with Crippen molar-refractivity contribution < 1.29 is 29.4 Å². The predicted octanol–water partition coefficient (Wildman–Crippen LogP) is 8.36. The molecule has 0 spiro atoms. The number of allylic oxidation sites excluding steroid dienone is 10. The van der Waals surface area contributed by atoms with Crippen LogP contribution in [0.5, 0.6) is 0 Å². The van der Waals surface area contributed by atoms with Crippen molar-refractivity contribution in [3.05, 3.63) is 68.3 Å². The van der Waals surface area contributed by atoms with Crippen molar-refractivity contribution in [2.75, 3.05) is 0 Å². The third-order valence-corrected chi connectivity index (χ3v) is 12.6. The van der Waals surface area contributed by atoms with Gasteiger partial charge < -0.3 is 10.2 Å². The molecule has 0 aliphatic heterocycles. The normalized spacial score (nSPS) is 34.1. The second-order valence-corrected chi connectivity index (χ2v) is 17.3. The molecule has 0 aromatic rings. The first kappa shape index (κ1) is 32.7. The third-order valence-electron chi connectivity index (χ3n) is 12.6. The Kier molecular flexibility index (Phi) is 7.18. The molecule has 6 rings (SSSR count). The van der Waals surface area contributed by atoms with Gasteiger partial charge in [0, 0.05) is 56.1 Å². The van der Waals surface area contributed by atoms with Gasteiger partial charge in [0.05, 0.1) is 0 Å². The Hall–Kier alpha value is -3.28. The van der Waals surface area contributed by atoms with E-state index >= 15 is 9.59 Å². The fraction of sp³-hybridized carbons (Fsp3) is 0.600. The maximum absolute atomic E-state index is 15.4. The van der Waals surface area contributed by atoms with E-state index < -0.39 is 45.1 Å². The van der Waals surface area contributed by atoms with Crippen molar-refractivity contribution in [1.29, 1.82) is 0 Å². The van der Waals surface area contributed by atoms with Gasteiger partial charge in [-0.25, -0.2) is 0 Å². The lowest BCUT2D eigenvalue weighted by Crippen LogP contribution is -2.55. The predicted molar refractivity (Wildman–Crippen MR) is 178 cm³/mol. The number of aliphatic hydroxyl groups is 2. The topological polar surface area (TPSA) is 109 Å². The zero-order valence-corrected chi connectivity index (χ0v) is 29.2. The number of carbonyl (C=O) groups is 4. The molecule has 2 fully saturated rings. The van der Waals surface area contributed by atoms with E-state index in [0.717, 1.165) is 25.7 Å². The van der Waals surface area contributed by atoms with Gasteiger partial charge in [0.15, 0.2) is 23.1 Å². The third kappa shape index (κ3) is 4.13. The maximum Gasteiger partial charge on any atom is 0.223 e. The zero-order chi connectivity index (χ0) is 34.0. The summed E-state index contributed by atoms with van der Waals surface area (Å²) in [5.74, 6) is -3.45. The molecule has 2 saturated carbocycles. The molecule has 2 unspecified atom stereocenters. The number of Topliss-reactive ketones (excluding diaryl/α,β-unsaturated/α-hetero) is 4. The van der Waals surface area contributed by atoms with Crippen LogP contribution in [0, 0.1) is 45.3 Å². The summed E-state index contributed by atoms with van der Waals surface area (Å²) in [5, 5.41) is 23.6. The Morgan fingerprint density at radius 2 is 0.913 bits per heavy atom. The van der Waals surface area contributed by atoms with E-state index in [1.165, 1.54) is 0 Å². The van der Waals surface area contributed by atoms with Gasteiger partial charge in [-0.15, -0.1) is 0 Å². The van der Waals surface area contributed by atoms with Gasteiger partial charge in [0.25, 0.3) is 0 Å². The zero-order valence-electron chi connectivity index (χ0n) is 29.2. The molecule has 6 heteroatoms. The molecular formula is C40H50O6. The summed E-state index contributed by atoms with van der Waals surface area (Å²) in [4.78, 5) is 58.1. The molecule has 2 N–H and O–H groups in total. The lowest BCUT2D eigenvalue weighted by molar-refractivity contribution is -0.135. The minimum atomic E-state index is -0.805. The summed E-state index contributed by atoms with van der Waals surface area (Å²) in [7, 11) is 0. The van der Waals surface area contributed by atoms with Crippen LogP contribution < -0.4 is 0 Å². The Morgan fingerprint density at radius 1 is 0.587 bits per heavy atom. The van der Waals surface area contributed by atoms with Gasteiger partial charge in [0.2, 0.25) is 11.6 Å². The van der Waals surface area contributed by atoms with E-state index in [4.69, 9.17) is 0 Å². The molecule has 0 radical (unpaired) electrons. The van der Waals surface area contributed by atoms with Crippen molar-refractivity contribution in [3.8, 4) is 0 Å².